The van der Waals surface area contributed by atoms with Crippen LogP contribution < -0.4 is 10.6 Å². The number of carbonyl (C=O) groups excluding carboxylic acids is 1. The van der Waals surface area contributed by atoms with Gasteiger partial charge in [-0.05, 0) is 12.1 Å². The summed E-state index contributed by atoms with van der Waals surface area (Å²) in [5, 5.41) is 0. The fraction of sp³-hybridized carbons (Fsp3) is 0.0769. The quantitative estimate of drug-likeness (QED) is 0.780. The predicted molar refractivity (Wildman–Crippen MR) is 66.7 cm³/mol. The molecule has 2 aliphatic rings. The van der Waals surface area contributed by atoms with Crippen LogP contribution in [0, 0.1) is 0 Å². The maximum atomic E-state index is 11.2. The average Bonchev–Trinajstić information content (AvgIpc) is 2.67. The number of benzene rings is 1. The molecule has 0 atom stereocenters. The number of carbonyl (C=O) groups is 1. The van der Waals surface area contributed by atoms with E-state index in [4.69, 9.17) is 5.73 Å². The summed E-state index contributed by atoms with van der Waals surface area (Å²) in [5.74, 6) is -0.375. The van der Waals surface area contributed by atoms with E-state index in [2.05, 4.69) is 4.99 Å². The first-order valence-electron chi connectivity index (χ1n) is 5.36. The Kier molecular flexibility index (Phi) is 2.08. The van der Waals surface area contributed by atoms with E-state index < -0.39 is 0 Å². The van der Waals surface area contributed by atoms with Crippen LogP contribution in [0.1, 0.15) is 5.56 Å². The number of amides is 1. The molecule has 0 unspecified atom stereocenters. The minimum absolute atomic E-state index is 0.375. The Hall–Kier alpha value is -2.36. The summed E-state index contributed by atoms with van der Waals surface area (Å²) in [7, 11) is 0. The number of rotatable bonds is 1. The fourth-order valence-electron chi connectivity index (χ4n) is 2.08. The van der Waals surface area contributed by atoms with E-state index >= 15 is 0 Å². The van der Waals surface area contributed by atoms with E-state index in [0.717, 1.165) is 16.9 Å². The van der Waals surface area contributed by atoms with Crippen LogP contribution >= 0.6 is 0 Å². The molecule has 2 heterocycles. The SMILES string of the molecule is NC(=O)C1=CC2=CN=Cc3ccccc3N2C1. The van der Waals surface area contributed by atoms with Gasteiger partial charge in [-0.25, -0.2) is 0 Å². The summed E-state index contributed by atoms with van der Waals surface area (Å²) in [5.41, 5.74) is 8.92. The van der Waals surface area contributed by atoms with Crippen LogP contribution in [0.5, 0.6) is 0 Å². The molecule has 1 amide bonds. The van der Waals surface area contributed by atoms with Crippen molar-refractivity contribution >= 4 is 17.8 Å². The molecule has 2 N–H and O–H groups in total. The smallest absolute Gasteiger partial charge is 0.246 e. The van der Waals surface area contributed by atoms with Gasteiger partial charge in [-0.15, -0.1) is 0 Å². The lowest BCUT2D eigenvalue weighted by molar-refractivity contribution is -0.114. The Labute approximate surface area is 98.8 Å². The monoisotopic (exact) mass is 225 g/mol. The maximum Gasteiger partial charge on any atom is 0.246 e. The van der Waals surface area contributed by atoms with E-state index in [0.29, 0.717) is 12.1 Å². The second-order valence-corrected chi connectivity index (χ2v) is 4.01. The van der Waals surface area contributed by atoms with Crippen molar-refractivity contribution < 1.29 is 4.79 Å². The Morgan fingerprint density at radius 1 is 1.35 bits per heavy atom. The first-order chi connectivity index (χ1) is 8.25. The van der Waals surface area contributed by atoms with Crippen molar-refractivity contribution in [1.29, 1.82) is 0 Å². The number of allylic oxidation sites excluding steroid dienone is 1. The Bertz CT molecular complexity index is 584. The van der Waals surface area contributed by atoms with Crippen LogP contribution in [-0.2, 0) is 4.79 Å². The molecule has 0 saturated heterocycles. The van der Waals surface area contributed by atoms with Crippen molar-refractivity contribution in [2.75, 3.05) is 11.4 Å². The molecule has 0 aromatic heterocycles. The molecular weight excluding hydrogens is 214 g/mol. The van der Waals surface area contributed by atoms with Gasteiger partial charge in [0.15, 0.2) is 0 Å². The van der Waals surface area contributed by atoms with Gasteiger partial charge >= 0.3 is 0 Å². The molecule has 4 nitrogen and oxygen atoms in total. The molecule has 0 spiro atoms. The molecule has 0 fully saturated rings. The zero-order chi connectivity index (χ0) is 11.8. The molecular formula is C13H11N3O. The van der Waals surface area contributed by atoms with Crippen LogP contribution in [-0.4, -0.2) is 18.7 Å². The van der Waals surface area contributed by atoms with Crippen LogP contribution in [0.4, 0.5) is 5.69 Å². The minimum atomic E-state index is -0.375. The summed E-state index contributed by atoms with van der Waals surface area (Å²) in [4.78, 5) is 17.5. The molecule has 0 saturated carbocycles. The first kappa shape index (κ1) is 9.84. The standard InChI is InChI=1S/C13H11N3O/c14-13(17)10-5-11-7-15-6-9-3-1-2-4-12(9)16(11)8-10/h1-7H,8H2,(H2,14,17). The molecule has 2 aliphatic heterocycles. The number of nitrogens with two attached hydrogens (primary N) is 1. The summed E-state index contributed by atoms with van der Waals surface area (Å²) < 4.78 is 0. The van der Waals surface area contributed by atoms with Gasteiger partial charge in [0.05, 0.1) is 24.1 Å². The highest BCUT2D eigenvalue weighted by molar-refractivity contribution is 5.97. The fourth-order valence-corrected chi connectivity index (χ4v) is 2.08. The van der Waals surface area contributed by atoms with E-state index in [1.807, 2.05) is 35.4 Å². The Balaban J connectivity index is 2.09. The Morgan fingerprint density at radius 3 is 3.00 bits per heavy atom. The zero-order valence-corrected chi connectivity index (χ0v) is 9.13. The van der Waals surface area contributed by atoms with Crippen molar-refractivity contribution in [2.24, 2.45) is 10.7 Å². The number of aliphatic imine (C=N–C) groups is 1. The number of para-hydroxylation sites is 1. The van der Waals surface area contributed by atoms with Crippen molar-refractivity contribution in [3.8, 4) is 0 Å². The number of anilines is 1. The van der Waals surface area contributed by atoms with E-state index in [1.54, 1.807) is 12.3 Å². The van der Waals surface area contributed by atoms with Gasteiger partial charge in [0.1, 0.15) is 0 Å². The lowest BCUT2D eigenvalue weighted by atomic mass is 10.1. The van der Waals surface area contributed by atoms with Gasteiger partial charge in [-0.3, -0.25) is 9.79 Å². The second-order valence-electron chi connectivity index (χ2n) is 4.01. The topological polar surface area (TPSA) is 58.7 Å². The van der Waals surface area contributed by atoms with Crippen molar-refractivity contribution in [2.45, 2.75) is 0 Å². The number of hydrogen-bond acceptors (Lipinski definition) is 3. The predicted octanol–water partition coefficient (Wildman–Crippen LogP) is 1.19. The van der Waals surface area contributed by atoms with Crippen LogP contribution in [0.2, 0.25) is 0 Å². The van der Waals surface area contributed by atoms with Gasteiger partial charge in [0, 0.05) is 17.4 Å². The van der Waals surface area contributed by atoms with Crippen molar-refractivity contribution in [3.63, 3.8) is 0 Å². The van der Waals surface area contributed by atoms with Gasteiger partial charge in [0.2, 0.25) is 5.91 Å². The van der Waals surface area contributed by atoms with Crippen molar-refractivity contribution in [3.05, 3.63) is 53.4 Å². The number of nitrogens with zero attached hydrogens (tertiary/aromatic N) is 2. The first-order valence-corrected chi connectivity index (χ1v) is 5.36. The zero-order valence-electron chi connectivity index (χ0n) is 9.13. The third-order valence-corrected chi connectivity index (χ3v) is 2.93. The summed E-state index contributed by atoms with van der Waals surface area (Å²) >= 11 is 0. The minimum Gasteiger partial charge on any atom is -0.366 e. The molecule has 84 valence electrons. The van der Waals surface area contributed by atoms with Crippen molar-refractivity contribution in [1.82, 2.24) is 0 Å². The highest BCUT2D eigenvalue weighted by Gasteiger charge is 2.24. The third kappa shape index (κ3) is 1.54. The molecule has 0 radical (unpaired) electrons. The second kappa shape index (κ2) is 3.59. The normalized spacial score (nSPS) is 16.8. The summed E-state index contributed by atoms with van der Waals surface area (Å²) in [6.07, 6.45) is 5.36. The van der Waals surface area contributed by atoms with Crippen LogP contribution in [0.15, 0.2) is 52.8 Å². The van der Waals surface area contributed by atoms with Crippen LogP contribution in [0.3, 0.4) is 0 Å². The van der Waals surface area contributed by atoms with Crippen LogP contribution in [0.25, 0.3) is 0 Å². The van der Waals surface area contributed by atoms with Gasteiger partial charge < -0.3 is 10.6 Å². The summed E-state index contributed by atoms with van der Waals surface area (Å²) in [6.45, 7) is 0.515. The molecule has 0 aliphatic carbocycles. The number of fused-ring (bicyclic) bond motifs is 3. The molecule has 3 rings (SSSR count). The number of primary amides is 1. The third-order valence-electron chi connectivity index (χ3n) is 2.93. The van der Waals surface area contributed by atoms with E-state index in [1.165, 1.54) is 0 Å². The molecule has 1 aromatic rings. The van der Waals surface area contributed by atoms with E-state index in [-0.39, 0.29) is 5.91 Å². The highest BCUT2D eigenvalue weighted by atomic mass is 16.1. The maximum absolute atomic E-state index is 11.2. The summed E-state index contributed by atoms with van der Waals surface area (Å²) in [6, 6.07) is 7.95. The number of hydrogen-bond donors (Lipinski definition) is 1. The van der Waals surface area contributed by atoms with Gasteiger partial charge in [-0.1, -0.05) is 18.2 Å². The van der Waals surface area contributed by atoms with Gasteiger partial charge in [0.25, 0.3) is 0 Å². The Morgan fingerprint density at radius 2 is 2.18 bits per heavy atom. The largest absolute Gasteiger partial charge is 0.366 e. The molecule has 0 bridgehead atoms. The average molecular weight is 225 g/mol. The lowest BCUT2D eigenvalue weighted by Crippen LogP contribution is -2.23. The molecule has 17 heavy (non-hydrogen) atoms. The molecule has 1 aromatic carbocycles. The van der Waals surface area contributed by atoms with Gasteiger partial charge in [-0.2, -0.15) is 0 Å². The highest BCUT2D eigenvalue weighted by Crippen LogP contribution is 2.30. The lowest BCUT2D eigenvalue weighted by Gasteiger charge is -2.20. The molecule has 4 heteroatoms. The van der Waals surface area contributed by atoms with E-state index in [9.17, 15) is 4.79 Å².